The second-order valence-corrected chi connectivity index (χ2v) is 8.33. The molecule has 0 heterocycles. The lowest BCUT2D eigenvalue weighted by Crippen LogP contribution is -2.58. The van der Waals surface area contributed by atoms with Crippen LogP contribution < -0.4 is 5.32 Å². The van der Waals surface area contributed by atoms with E-state index in [9.17, 15) is 9.59 Å². The lowest BCUT2D eigenvalue weighted by Gasteiger charge is -2.59. The van der Waals surface area contributed by atoms with Crippen molar-refractivity contribution >= 4 is 27.8 Å². The topological polar surface area (TPSA) is 55.4 Å². The average Bonchev–Trinajstić information content (AvgIpc) is 2.32. The van der Waals surface area contributed by atoms with Gasteiger partial charge in [0.2, 0.25) is 5.91 Å². The predicted molar refractivity (Wildman–Crippen MR) is 73.8 cm³/mol. The molecule has 19 heavy (non-hydrogen) atoms. The SMILES string of the molecule is COC(=O)CNC(=O)C12CC3CC(CC(Br)(C3)C1)C2. The van der Waals surface area contributed by atoms with Crippen LogP contribution in [0, 0.1) is 17.3 Å². The number of rotatable bonds is 3. The molecule has 2 unspecified atom stereocenters. The van der Waals surface area contributed by atoms with Crippen LogP contribution in [-0.2, 0) is 14.3 Å². The van der Waals surface area contributed by atoms with Gasteiger partial charge in [-0.25, -0.2) is 0 Å². The molecule has 4 aliphatic carbocycles. The second kappa shape index (κ2) is 4.47. The van der Waals surface area contributed by atoms with Crippen LogP contribution in [0.15, 0.2) is 0 Å². The fourth-order valence-corrected chi connectivity index (χ4v) is 6.28. The van der Waals surface area contributed by atoms with Gasteiger partial charge in [-0.2, -0.15) is 0 Å². The Labute approximate surface area is 121 Å². The molecule has 0 aromatic rings. The Morgan fingerprint density at radius 2 is 1.89 bits per heavy atom. The highest BCUT2D eigenvalue weighted by atomic mass is 79.9. The first-order chi connectivity index (χ1) is 8.95. The second-order valence-electron chi connectivity index (χ2n) is 6.65. The van der Waals surface area contributed by atoms with Crippen molar-refractivity contribution in [2.75, 3.05) is 13.7 Å². The van der Waals surface area contributed by atoms with Crippen LogP contribution >= 0.6 is 15.9 Å². The number of halogens is 1. The summed E-state index contributed by atoms with van der Waals surface area (Å²) >= 11 is 3.88. The molecule has 4 aliphatic rings. The number of ether oxygens (including phenoxy) is 1. The van der Waals surface area contributed by atoms with Crippen molar-refractivity contribution in [3.05, 3.63) is 0 Å². The van der Waals surface area contributed by atoms with Gasteiger partial charge in [-0.05, 0) is 50.4 Å². The molecule has 0 aliphatic heterocycles. The van der Waals surface area contributed by atoms with Crippen LogP contribution in [0.2, 0.25) is 0 Å². The normalized spacial score (nSPS) is 43.1. The van der Waals surface area contributed by atoms with Crippen molar-refractivity contribution in [2.45, 2.75) is 42.8 Å². The zero-order valence-electron chi connectivity index (χ0n) is 11.2. The van der Waals surface area contributed by atoms with Crippen LogP contribution in [0.25, 0.3) is 0 Å². The Morgan fingerprint density at radius 3 is 2.42 bits per heavy atom. The van der Waals surface area contributed by atoms with Crippen LogP contribution in [0.1, 0.15) is 38.5 Å². The van der Waals surface area contributed by atoms with E-state index in [0.29, 0.717) is 11.8 Å². The van der Waals surface area contributed by atoms with Gasteiger partial charge in [0, 0.05) is 4.32 Å². The molecule has 0 spiro atoms. The highest BCUT2D eigenvalue weighted by Gasteiger charge is 2.59. The predicted octanol–water partition coefficient (Wildman–Crippen LogP) is 2.01. The van der Waals surface area contributed by atoms with E-state index < -0.39 is 0 Å². The molecule has 5 heteroatoms. The molecular formula is C14H20BrNO3. The van der Waals surface area contributed by atoms with Crippen molar-refractivity contribution in [2.24, 2.45) is 17.3 Å². The minimum Gasteiger partial charge on any atom is -0.468 e. The summed E-state index contributed by atoms with van der Waals surface area (Å²) in [5.74, 6) is 1.01. The van der Waals surface area contributed by atoms with Crippen LogP contribution in [-0.4, -0.2) is 29.9 Å². The fourth-order valence-electron chi connectivity index (χ4n) is 4.83. The minimum atomic E-state index is -0.383. The summed E-state index contributed by atoms with van der Waals surface area (Å²) in [5.41, 5.74) is -0.248. The third kappa shape index (κ3) is 2.30. The van der Waals surface area contributed by atoms with E-state index in [1.54, 1.807) is 0 Å². The number of nitrogens with one attached hydrogen (secondary N) is 1. The van der Waals surface area contributed by atoms with E-state index in [1.807, 2.05) is 0 Å². The number of alkyl halides is 1. The molecule has 1 amide bonds. The quantitative estimate of drug-likeness (QED) is 0.636. The molecular weight excluding hydrogens is 310 g/mol. The van der Waals surface area contributed by atoms with Crippen molar-refractivity contribution in [3.8, 4) is 0 Å². The smallest absolute Gasteiger partial charge is 0.325 e. The number of esters is 1. The van der Waals surface area contributed by atoms with E-state index in [2.05, 4.69) is 26.0 Å². The summed E-state index contributed by atoms with van der Waals surface area (Å²) in [6, 6.07) is 0. The maximum Gasteiger partial charge on any atom is 0.325 e. The highest BCUT2D eigenvalue weighted by molar-refractivity contribution is 9.10. The number of carbonyl (C=O) groups is 2. The third-order valence-corrected chi connectivity index (χ3v) is 6.02. The summed E-state index contributed by atoms with van der Waals surface area (Å²) in [6.45, 7) is -0.0122. The molecule has 4 bridgehead atoms. The van der Waals surface area contributed by atoms with Crippen molar-refractivity contribution in [3.63, 3.8) is 0 Å². The summed E-state index contributed by atoms with van der Waals surface area (Å²) in [5, 5.41) is 2.77. The number of hydrogen-bond donors (Lipinski definition) is 1. The van der Waals surface area contributed by atoms with Gasteiger partial charge in [-0.15, -0.1) is 0 Å². The largest absolute Gasteiger partial charge is 0.468 e. The zero-order chi connectivity index (χ0) is 13.7. The molecule has 4 fully saturated rings. The number of amides is 1. The van der Waals surface area contributed by atoms with E-state index in [1.165, 1.54) is 26.4 Å². The first-order valence-corrected chi connectivity index (χ1v) is 7.78. The Balaban J connectivity index is 1.73. The van der Waals surface area contributed by atoms with Gasteiger partial charge in [0.05, 0.1) is 12.5 Å². The van der Waals surface area contributed by atoms with Gasteiger partial charge in [-0.3, -0.25) is 9.59 Å². The van der Waals surface area contributed by atoms with E-state index >= 15 is 0 Å². The number of methoxy groups -OCH3 is 1. The lowest BCUT2D eigenvalue weighted by molar-refractivity contribution is -0.148. The van der Waals surface area contributed by atoms with E-state index in [0.717, 1.165) is 19.3 Å². The molecule has 4 nitrogen and oxygen atoms in total. The van der Waals surface area contributed by atoms with Crippen molar-refractivity contribution in [1.82, 2.24) is 5.32 Å². The number of hydrogen-bond acceptors (Lipinski definition) is 3. The standard InChI is InChI=1S/C14H20BrNO3/c1-19-11(17)7-16-12(18)13-3-9-2-10(4-13)6-14(15,5-9)8-13/h9-10H,2-8H2,1H3,(H,16,18). The summed E-state index contributed by atoms with van der Waals surface area (Å²) in [7, 11) is 1.34. The van der Waals surface area contributed by atoms with Gasteiger partial charge in [0.15, 0.2) is 0 Å². The monoisotopic (exact) mass is 329 g/mol. The van der Waals surface area contributed by atoms with Gasteiger partial charge in [-0.1, -0.05) is 15.9 Å². The van der Waals surface area contributed by atoms with Gasteiger partial charge in [0.25, 0.3) is 0 Å². The molecule has 2 atom stereocenters. The minimum absolute atomic E-state index is 0.0122. The number of carbonyl (C=O) groups excluding carboxylic acids is 2. The zero-order valence-corrected chi connectivity index (χ0v) is 12.8. The average molecular weight is 330 g/mol. The molecule has 106 valence electrons. The van der Waals surface area contributed by atoms with Crippen LogP contribution in [0.3, 0.4) is 0 Å². The molecule has 4 saturated carbocycles. The van der Waals surface area contributed by atoms with Gasteiger partial charge in [0.1, 0.15) is 6.54 Å². The van der Waals surface area contributed by atoms with Crippen molar-refractivity contribution in [1.29, 1.82) is 0 Å². The molecule has 0 radical (unpaired) electrons. The van der Waals surface area contributed by atoms with E-state index in [-0.39, 0.29) is 28.2 Å². The van der Waals surface area contributed by atoms with Gasteiger partial charge < -0.3 is 10.1 Å². The first-order valence-electron chi connectivity index (χ1n) is 6.99. The first kappa shape index (κ1) is 13.4. The lowest BCUT2D eigenvalue weighted by atomic mass is 9.49. The van der Waals surface area contributed by atoms with Crippen LogP contribution in [0.4, 0.5) is 0 Å². The summed E-state index contributed by atoms with van der Waals surface area (Å²) in [4.78, 5) is 23.7. The molecule has 4 rings (SSSR count). The van der Waals surface area contributed by atoms with Crippen molar-refractivity contribution < 1.29 is 14.3 Å². The Morgan fingerprint density at radius 1 is 1.26 bits per heavy atom. The Bertz CT molecular complexity index is 409. The Hall–Kier alpha value is -0.580. The molecule has 0 saturated heterocycles. The van der Waals surface area contributed by atoms with Crippen LogP contribution in [0.5, 0.6) is 0 Å². The maximum absolute atomic E-state index is 12.5. The third-order valence-electron chi connectivity index (χ3n) is 5.09. The summed E-state index contributed by atoms with van der Waals surface area (Å²) in [6.07, 6.45) is 6.58. The highest BCUT2D eigenvalue weighted by Crippen LogP contribution is 2.64. The molecule has 1 N–H and O–H groups in total. The summed E-state index contributed by atoms with van der Waals surface area (Å²) < 4.78 is 4.74. The fraction of sp³-hybridized carbons (Fsp3) is 0.857. The van der Waals surface area contributed by atoms with E-state index in [4.69, 9.17) is 0 Å². The maximum atomic E-state index is 12.5. The molecule has 0 aromatic carbocycles. The van der Waals surface area contributed by atoms with Gasteiger partial charge >= 0.3 is 5.97 Å². The Kier molecular flexibility index (Phi) is 3.15. The molecule has 0 aromatic heterocycles.